The Balaban J connectivity index is 3.90. The van der Waals surface area contributed by atoms with E-state index in [9.17, 15) is 4.79 Å². The molecule has 0 aromatic carbocycles. The Hall–Kier alpha value is -0.940. The zero-order valence-electron chi connectivity index (χ0n) is 8.12. The topological polar surface area (TPSA) is 68.6 Å². The zero-order valence-corrected chi connectivity index (χ0v) is 8.12. The van der Waals surface area contributed by atoms with Crippen molar-refractivity contribution < 1.29 is 19.0 Å². The number of ether oxygens (including phenoxy) is 3. The first-order chi connectivity index (χ1) is 6.15. The molecule has 0 saturated carbocycles. The van der Waals surface area contributed by atoms with E-state index in [1.165, 1.54) is 14.2 Å². The van der Waals surface area contributed by atoms with Crippen molar-refractivity contribution >= 4 is 11.7 Å². The maximum Gasteiger partial charge on any atom is 0.311 e. The summed E-state index contributed by atoms with van der Waals surface area (Å²) in [6.45, 7) is 2.03. The monoisotopic (exact) mass is 189 g/mol. The maximum atomic E-state index is 10.9. The highest BCUT2D eigenvalue weighted by Crippen LogP contribution is 1.99. The summed E-state index contributed by atoms with van der Waals surface area (Å²) in [5.74, 6) is -0.438. The SMILES string of the molecule is CCOC(=O)CC(=N)C(OC)OC. The third-order valence-electron chi connectivity index (χ3n) is 1.35. The van der Waals surface area contributed by atoms with Crippen LogP contribution in [0.5, 0.6) is 0 Å². The molecule has 0 saturated heterocycles. The standard InChI is InChI=1S/C8H15NO4/c1-4-13-7(10)5-6(9)8(11-2)12-3/h8-9H,4-5H2,1-3H3. The fourth-order valence-corrected chi connectivity index (χ4v) is 0.832. The fourth-order valence-electron chi connectivity index (χ4n) is 0.832. The van der Waals surface area contributed by atoms with Gasteiger partial charge in [-0.25, -0.2) is 0 Å². The van der Waals surface area contributed by atoms with Crippen molar-refractivity contribution in [3.05, 3.63) is 0 Å². The van der Waals surface area contributed by atoms with Crippen LogP contribution < -0.4 is 0 Å². The zero-order chi connectivity index (χ0) is 10.3. The number of methoxy groups -OCH3 is 2. The van der Waals surface area contributed by atoms with Crippen LogP contribution in [0.2, 0.25) is 0 Å². The molecule has 0 aliphatic carbocycles. The van der Waals surface area contributed by atoms with Crippen molar-refractivity contribution in [1.29, 1.82) is 5.41 Å². The highest BCUT2D eigenvalue weighted by molar-refractivity contribution is 5.99. The second-order valence-corrected chi connectivity index (χ2v) is 2.31. The molecule has 0 aromatic heterocycles. The third-order valence-corrected chi connectivity index (χ3v) is 1.35. The molecule has 0 atom stereocenters. The van der Waals surface area contributed by atoms with Crippen molar-refractivity contribution in [2.75, 3.05) is 20.8 Å². The summed E-state index contributed by atoms with van der Waals surface area (Å²) in [6.07, 6.45) is -0.857. The molecule has 13 heavy (non-hydrogen) atoms. The molecule has 0 aliphatic rings. The molecule has 1 N–H and O–H groups in total. The molecular weight excluding hydrogens is 174 g/mol. The van der Waals surface area contributed by atoms with Crippen LogP contribution in [0.25, 0.3) is 0 Å². The molecule has 0 aromatic rings. The van der Waals surface area contributed by atoms with Crippen LogP contribution in [0.15, 0.2) is 0 Å². The molecule has 5 nitrogen and oxygen atoms in total. The van der Waals surface area contributed by atoms with Gasteiger partial charge in [0.25, 0.3) is 0 Å². The highest BCUT2D eigenvalue weighted by Gasteiger charge is 2.16. The average molecular weight is 189 g/mol. The number of nitrogens with one attached hydrogen (secondary N) is 1. The van der Waals surface area contributed by atoms with Crippen molar-refractivity contribution in [3.8, 4) is 0 Å². The first-order valence-electron chi connectivity index (χ1n) is 3.94. The smallest absolute Gasteiger partial charge is 0.311 e. The lowest BCUT2D eigenvalue weighted by Gasteiger charge is -2.13. The van der Waals surface area contributed by atoms with Gasteiger partial charge in [0, 0.05) is 14.2 Å². The predicted octanol–water partition coefficient (Wildman–Crippen LogP) is 0.578. The lowest BCUT2D eigenvalue weighted by molar-refractivity contribution is -0.142. The van der Waals surface area contributed by atoms with Gasteiger partial charge >= 0.3 is 5.97 Å². The minimum Gasteiger partial charge on any atom is -0.466 e. The van der Waals surface area contributed by atoms with Gasteiger partial charge in [0.1, 0.15) is 0 Å². The first-order valence-corrected chi connectivity index (χ1v) is 3.94. The van der Waals surface area contributed by atoms with E-state index in [-0.39, 0.29) is 12.1 Å². The van der Waals surface area contributed by atoms with Crippen molar-refractivity contribution in [3.63, 3.8) is 0 Å². The van der Waals surface area contributed by atoms with Crippen LogP contribution in [0, 0.1) is 5.41 Å². The molecule has 0 rings (SSSR count). The Morgan fingerprint density at radius 3 is 2.31 bits per heavy atom. The molecule has 76 valence electrons. The normalized spacial score (nSPS) is 10.2. The van der Waals surface area contributed by atoms with Gasteiger partial charge in [-0.15, -0.1) is 0 Å². The van der Waals surface area contributed by atoms with Gasteiger partial charge in [0.2, 0.25) is 0 Å². The summed E-state index contributed by atoms with van der Waals surface area (Å²) in [5, 5.41) is 7.40. The Morgan fingerprint density at radius 2 is 1.92 bits per heavy atom. The molecule has 0 radical (unpaired) electrons. The summed E-state index contributed by atoms with van der Waals surface area (Å²) in [5.41, 5.74) is 0.0588. The van der Waals surface area contributed by atoms with E-state index in [1.54, 1.807) is 6.92 Å². The van der Waals surface area contributed by atoms with Gasteiger partial charge in [-0.05, 0) is 6.92 Å². The number of rotatable bonds is 6. The number of hydrogen-bond donors (Lipinski definition) is 1. The summed E-state index contributed by atoms with van der Waals surface area (Å²) in [4.78, 5) is 10.9. The van der Waals surface area contributed by atoms with Crippen LogP contribution in [0.4, 0.5) is 0 Å². The van der Waals surface area contributed by atoms with E-state index in [4.69, 9.17) is 14.9 Å². The second kappa shape index (κ2) is 6.56. The third kappa shape index (κ3) is 4.59. The Labute approximate surface area is 77.5 Å². The largest absolute Gasteiger partial charge is 0.466 e. The van der Waals surface area contributed by atoms with Gasteiger partial charge in [-0.3, -0.25) is 4.79 Å². The van der Waals surface area contributed by atoms with Crippen LogP contribution >= 0.6 is 0 Å². The molecule has 0 bridgehead atoms. The van der Waals surface area contributed by atoms with Crippen molar-refractivity contribution in [2.45, 2.75) is 19.6 Å². The van der Waals surface area contributed by atoms with Gasteiger partial charge in [-0.1, -0.05) is 0 Å². The molecule has 0 spiro atoms. The van der Waals surface area contributed by atoms with E-state index in [0.717, 1.165) is 0 Å². The minimum absolute atomic E-state index is 0.0588. The molecule has 0 fully saturated rings. The van der Waals surface area contributed by atoms with Gasteiger partial charge in [-0.2, -0.15) is 0 Å². The van der Waals surface area contributed by atoms with Crippen molar-refractivity contribution in [1.82, 2.24) is 0 Å². The summed E-state index contributed by atoms with van der Waals surface area (Å²) in [7, 11) is 2.82. The Morgan fingerprint density at radius 1 is 1.38 bits per heavy atom. The average Bonchev–Trinajstić information content (AvgIpc) is 2.06. The maximum absolute atomic E-state index is 10.9. The molecule has 0 aliphatic heterocycles. The number of esters is 1. The molecule has 0 amide bonds. The Kier molecular flexibility index (Phi) is 6.09. The fraction of sp³-hybridized carbons (Fsp3) is 0.750. The van der Waals surface area contributed by atoms with E-state index in [0.29, 0.717) is 6.61 Å². The highest BCUT2D eigenvalue weighted by atomic mass is 16.7. The summed E-state index contributed by atoms with van der Waals surface area (Å²) in [6, 6.07) is 0. The van der Waals surface area contributed by atoms with Crippen LogP contribution in [0.3, 0.4) is 0 Å². The number of carbonyl (C=O) groups is 1. The van der Waals surface area contributed by atoms with E-state index < -0.39 is 12.3 Å². The lowest BCUT2D eigenvalue weighted by Crippen LogP contribution is -2.27. The number of carbonyl (C=O) groups excluding carboxylic acids is 1. The molecular formula is C8H15NO4. The van der Waals surface area contributed by atoms with Gasteiger partial charge < -0.3 is 19.6 Å². The summed E-state index contributed by atoms with van der Waals surface area (Å²) >= 11 is 0. The van der Waals surface area contributed by atoms with E-state index in [2.05, 4.69) is 4.74 Å². The molecule has 0 heterocycles. The summed E-state index contributed by atoms with van der Waals surface area (Å²) < 4.78 is 14.2. The van der Waals surface area contributed by atoms with Gasteiger partial charge in [0.05, 0.1) is 18.7 Å². The lowest BCUT2D eigenvalue weighted by atomic mass is 10.2. The number of hydrogen-bond acceptors (Lipinski definition) is 5. The second-order valence-electron chi connectivity index (χ2n) is 2.31. The minimum atomic E-state index is -0.760. The Bertz CT molecular complexity index is 177. The van der Waals surface area contributed by atoms with E-state index >= 15 is 0 Å². The quantitative estimate of drug-likeness (QED) is 0.377. The molecule has 0 unspecified atom stereocenters. The van der Waals surface area contributed by atoms with Crippen LogP contribution in [0.1, 0.15) is 13.3 Å². The van der Waals surface area contributed by atoms with E-state index in [1.807, 2.05) is 0 Å². The van der Waals surface area contributed by atoms with Crippen LogP contribution in [-0.2, 0) is 19.0 Å². The predicted molar refractivity (Wildman–Crippen MR) is 46.8 cm³/mol. The first kappa shape index (κ1) is 12.1. The van der Waals surface area contributed by atoms with Crippen LogP contribution in [-0.4, -0.2) is 38.8 Å². The van der Waals surface area contributed by atoms with Gasteiger partial charge in [0.15, 0.2) is 6.29 Å². The molecule has 5 heteroatoms. The van der Waals surface area contributed by atoms with Crippen molar-refractivity contribution in [2.24, 2.45) is 0 Å².